The second kappa shape index (κ2) is 6.60. The number of halogens is 2. The van der Waals surface area contributed by atoms with Crippen LogP contribution in [0.1, 0.15) is 27.6 Å². The number of fused-ring (bicyclic) bond motifs is 2. The highest BCUT2D eigenvalue weighted by Gasteiger charge is 2.64. The minimum absolute atomic E-state index is 0.124. The summed E-state index contributed by atoms with van der Waals surface area (Å²) in [5, 5.41) is 2.81. The number of likely N-dealkylation sites (tertiary alicyclic amines) is 1. The number of ketones is 1. The molecule has 1 N–H and O–H groups in total. The van der Waals surface area contributed by atoms with E-state index in [9.17, 15) is 18.4 Å². The van der Waals surface area contributed by atoms with Crippen molar-refractivity contribution < 1.29 is 22.8 Å². The zero-order valence-corrected chi connectivity index (χ0v) is 16.1. The first-order chi connectivity index (χ1) is 14.4. The molecule has 2 aliphatic rings. The number of hydrogen-bond acceptors (Lipinski definition) is 4. The van der Waals surface area contributed by atoms with E-state index in [1.807, 2.05) is 0 Å². The van der Waals surface area contributed by atoms with Crippen molar-refractivity contribution in [3.63, 3.8) is 0 Å². The lowest BCUT2D eigenvalue weighted by Crippen LogP contribution is -2.51. The van der Waals surface area contributed by atoms with Gasteiger partial charge in [0.1, 0.15) is 17.2 Å². The molecule has 7 heteroatoms. The van der Waals surface area contributed by atoms with Gasteiger partial charge in [-0.2, -0.15) is 0 Å². The Balaban J connectivity index is 1.74. The van der Waals surface area contributed by atoms with Crippen molar-refractivity contribution in [2.75, 3.05) is 18.9 Å². The fraction of sp³-hybridized carbons (Fsp3) is 0.217. The van der Waals surface area contributed by atoms with E-state index in [2.05, 4.69) is 5.32 Å². The van der Waals surface area contributed by atoms with Crippen LogP contribution in [0.3, 0.4) is 0 Å². The summed E-state index contributed by atoms with van der Waals surface area (Å²) in [6.45, 7) is 0.353. The van der Waals surface area contributed by atoms with Gasteiger partial charge in [0.05, 0.1) is 12.2 Å². The Morgan fingerprint density at radius 2 is 1.87 bits per heavy atom. The summed E-state index contributed by atoms with van der Waals surface area (Å²) in [4.78, 5) is 28.8. The summed E-state index contributed by atoms with van der Waals surface area (Å²) in [7, 11) is 1.74. The van der Waals surface area contributed by atoms with Crippen molar-refractivity contribution in [1.82, 2.24) is 4.90 Å². The molecule has 1 aromatic heterocycles. The highest BCUT2D eigenvalue weighted by molar-refractivity contribution is 6.11. The zero-order valence-electron chi connectivity index (χ0n) is 16.1. The lowest BCUT2D eigenvalue weighted by molar-refractivity contribution is -0.126. The molecule has 5 nitrogen and oxygen atoms in total. The van der Waals surface area contributed by atoms with E-state index in [0.29, 0.717) is 17.8 Å². The van der Waals surface area contributed by atoms with Gasteiger partial charge >= 0.3 is 0 Å². The van der Waals surface area contributed by atoms with E-state index >= 15 is 0 Å². The zero-order chi connectivity index (χ0) is 21.0. The molecule has 1 spiro atoms. The van der Waals surface area contributed by atoms with Crippen LogP contribution in [0.15, 0.2) is 65.3 Å². The third-order valence-corrected chi connectivity index (χ3v) is 6.26. The number of amides is 1. The van der Waals surface area contributed by atoms with Crippen LogP contribution >= 0.6 is 0 Å². The van der Waals surface area contributed by atoms with Crippen molar-refractivity contribution in [2.45, 2.75) is 11.5 Å². The maximum atomic E-state index is 14.2. The minimum Gasteiger partial charge on any atom is -0.461 e. The lowest BCUT2D eigenvalue weighted by Gasteiger charge is -2.35. The summed E-state index contributed by atoms with van der Waals surface area (Å²) in [5.74, 6) is -2.81. The molecule has 2 aromatic carbocycles. The number of benzene rings is 2. The van der Waals surface area contributed by atoms with E-state index in [-0.39, 0.29) is 23.3 Å². The maximum absolute atomic E-state index is 14.2. The molecular weight excluding hydrogens is 390 g/mol. The van der Waals surface area contributed by atoms with Crippen molar-refractivity contribution >= 4 is 17.4 Å². The Morgan fingerprint density at radius 1 is 1.13 bits per heavy atom. The number of rotatable bonds is 3. The summed E-state index contributed by atoms with van der Waals surface area (Å²) >= 11 is 0. The third-order valence-electron chi connectivity index (χ3n) is 6.26. The largest absolute Gasteiger partial charge is 0.461 e. The second-order valence-electron chi connectivity index (χ2n) is 7.77. The first kappa shape index (κ1) is 18.7. The van der Waals surface area contributed by atoms with Crippen LogP contribution in [0, 0.1) is 17.6 Å². The number of anilines is 1. The standard InChI is InChI=1S/C23H18F2N2O3/c1-27-12-16(13-4-6-14(24)7-5-13)20(21(28)19-3-2-10-30-19)23(27)17-11-15(25)8-9-18(17)26-22(23)29/h2-11,16,20H,12H2,1H3,(H,26,29)/t16-,20-,23-/m1/s1. The van der Waals surface area contributed by atoms with Crippen LogP contribution in [0.25, 0.3) is 0 Å². The molecule has 30 heavy (non-hydrogen) atoms. The van der Waals surface area contributed by atoms with Crippen molar-refractivity contribution in [1.29, 1.82) is 0 Å². The molecule has 3 aromatic rings. The number of nitrogens with one attached hydrogen (secondary N) is 1. The van der Waals surface area contributed by atoms with Gasteiger partial charge in [0.25, 0.3) is 0 Å². The van der Waals surface area contributed by atoms with Crippen molar-refractivity contribution in [2.24, 2.45) is 5.92 Å². The predicted molar refractivity (Wildman–Crippen MR) is 105 cm³/mol. The molecule has 5 rings (SSSR count). The first-order valence-corrected chi connectivity index (χ1v) is 9.59. The fourth-order valence-electron chi connectivity index (χ4n) is 4.99. The SMILES string of the molecule is CN1C[C@H](c2ccc(F)cc2)[C@H](C(=O)c2ccco2)[C@]12C(=O)Nc1ccc(F)cc12. The van der Waals surface area contributed by atoms with Gasteiger partial charge in [0, 0.05) is 23.7 Å². The predicted octanol–water partition coefficient (Wildman–Crippen LogP) is 3.93. The van der Waals surface area contributed by atoms with Crippen LogP contribution in [0.2, 0.25) is 0 Å². The molecule has 0 bridgehead atoms. The number of carbonyl (C=O) groups is 2. The number of Topliss-reactive ketones (excluding diaryl/α,β-unsaturated/α-hetero) is 1. The third kappa shape index (κ3) is 2.48. The normalized spacial score (nSPS) is 25.5. The smallest absolute Gasteiger partial charge is 0.250 e. The molecule has 0 saturated carbocycles. The van der Waals surface area contributed by atoms with Crippen LogP contribution in [-0.4, -0.2) is 30.2 Å². The molecule has 0 radical (unpaired) electrons. The van der Waals surface area contributed by atoms with Crippen molar-refractivity contribution in [3.8, 4) is 0 Å². The van der Waals surface area contributed by atoms with Crippen LogP contribution in [0.5, 0.6) is 0 Å². The average molecular weight is 408 g/mol. The van der Waals surface area contributed by atoms with Gasteiger partial charge < -0.3 is 9.73 Å². The van der Waals surface area contributed by atoms with E-state index in [0.717, 1.165) is 5.56 Å². The number of likely N-dealkylation sites (N-methyl/N-ethyl adjacent to an activating group) is 1. The summed E-state index contributed by atoms with van der Waals surface area (Å²) in [6.07, 6.45) is 1.40. The van der Waals surface area contributed by atoms with E-state index in [4.69, 9.17) is 4.42 Å². The summed E-state index contributed by atoms with van der Waals surface area (Å²) < 4.78 is 33.1. The summed E-state index contributed by atoms with van der Waals surface area (Å²) in [5.41, 5.74) is 0.220. The molecule has 3 heterocycles. The Bertz CT molecular complexity index is 1140. The molecule has 1 fully saturated rings. The fourth-order valence-corrected chi connectivity index (χ4v) is 4.99. The molecule has 0 aliphatic carbocycles. The number of furan rings is 1. The molecular formula is C23H18F2N2O3. The number of nitrogens with zero attached hydrogens (tertiary/aromatic N) is 1. The number of hydrogen-bond donors (Lipinski definition) is 1. The Labute approximate surface area is 171 Å². The maximum Gasteiger partial charge on any atom is 0.250 e. The molecule has 3 atom stereocenters. The van der Waals surface area contributed by atoms with E-state index < -0.39 is 23.2 Å². The van der Waals surface area contributed by atoms with Gasteiger partial charge in [0.2, 0.25) is 11.7 Å². The molecule has 152 valence electrons. The second-order valence-corrected chi connectivity index (χ2v) is 7.77. The molecule has 0 unspecified atom stereocenters. The van der Waals surface area contributed by atoms with Crippen LogP contribution in [0.4, 0.5) is 14.5 Å². The van der Waals surface area contributed by atoms with Crippen LogP contribution < -0.4 is 5.32 Å². The van der Waals surface area contributed by atoms with Gasteiger partial charge in [-0.1, -0.05) is 12.1 Å². The lowest BCUT2D eigenvalue weighted by atomic mass is 9.71. The highest BCUT2D eigenvalue weighted by atomic mass is 19.1. The average Bonchev–Trinajstić information content (AvgIpc) is 3.42. The first-order valence-electron chi connectivity index (χ1n) is 9.59. The molecule has 2 aliphatic heterocycles. The minimum atomic E-state index is -1.40. The Kier molecular flexibility index (Phi) is 4.11. The van der Waals surface area contributed by atoms with Crippen molar-refractivity contribution in [3.05, 3.63) is 89.4 Å². The molecule has 1 amide bonds. The van der Waals surface area contributed by atoms with E-state index in [1.165, 1.54) is 36.6 Å². The topological polar surface area (TPSA) is 62.6 Å². The molecule has 1 saturated heterocycles. The van der Waals surface area contributed by atoms with Crippen LogP contribution in [-0.2, 0) is 10.3 Å². The van der Waals surface area contributed by atoms with Gasteiger partial charge in [0.15, 0.2) is 5.76 Å². The van der Waals surface area contributed by atoms with Gasteiger partial charge in [-0.05, 0) is 55.1 Å². The van der Waals surface area contributed by atoms with Gasteiger partial charge in [-0.25, -0.2) is 8.78 Å². The Hall–Kier alpha value is -3.32. The van der Waals surface area contributed by atoms with Gasteiger partial charge in [-0.3, -0.25) is 14.5 Å². The Morgan fingerprint density at radius 3 is 2.57 bits per heavy atom. The quantitative estimate of drug-likeness (QED) is 0.667. The number of carbonyl (C=O) groups excluding carboxylic acids is 2. The summed E-state index contributed by atoms with van der Waals surface area (Å²) in [6, 6.07) is 13.1. The monoisotopic (exact) mass is 408 g/mol. The highest BCUT2D eigenvalue weighted by Crippen LogP contribution is 2.55. The van der Waals surface area contributed by atoms with Gasteiger partial charge in [-0.15, -0.1) is 0 Å². The van der Waals surface area contributed by atoms with E-state index in [1.54, 1.807) is 36.2 Å².